The fraction of sp³-hybridized carbons (Fsp3) is 0.417. The second-order valence-corrected chi connectivity index (χ2v) is 4.25. The van der Waals surface area contributed by atoms with Crippen LogP contribution in [-0.4, -0.2) is 30.9 Å². The van der Waals surface area contributed by atoms with E-state index < -0.39 is 0 Å². The highest BCUT2D eigenvalue weighted by Gasteiger charge is 2.09. The molecule has 5 nitrogen and oxygen atoms in total. The molecule has 1 aromatic rings. The van der Waals surface area contributed by atoms with Gasteiger partial charge in [0.05, 0.1) is 11.1 Å². The summed E-state index contributed by atoms with van der Waals surface area (Å²) in [6.45, 7) is 2.56. The third kappa shape index (κ3) is 4.09. The molecule has 0 aliphatic carbocycles. The monoisotopic (exact) mass is 272 g/mol. The topological polar surface area (TPSA) is 77.1 Å². The Kier molecular flexibility index (Phi) is 5.74. The molecule has 0 amide bonds. The molecule has 100 valence electrons. The number of nitrogens with zero attached hydrogens (tertiary/aromatic N) is 1. The lowest BCUT2D eigenvalue weighted by molar-refractivity contribution is 0.135. The molecule has 0 fully saturated rings. The van der Waals surface area contributed by atoms with Gasteiger partial charge in [0.1, 0.15) is 5.75 Å². The minimum absolute atomic E-state index is 0.00263. The summed E-state index contributed by atoms with van der Waals surface area (Å²) in [5, 5.41) is 11.9. The Morgan fingerprint density at radius 3 is 2.83 bits per heavy atom. The van der Waals surface area contributed by atoms with E-state index >= 15 is 0 Å². The number of benzene rings is 1. The highest BCUT2D eigenvalue weighted by Crippen LogP contribution is 2.26. The van der Waals surface area contributed by atoms with Crippen molar-refractivity contribution >= 4 is 17.4 Å². The van der Waals surface area contributed by atoms with Gasteiger partial charge in [0.2, 0.25) is 0 Å². The second kappa shape index (κ2) is 7.08. The molecule has 1 aromatic carbocycles. The Morgan fingerprint density at radius 1 is 1.56 bits per heavy atom. The predicted molar refractivity (Wildman–Crippen MR) is 70.5 cm³/mol. The van der Waals surface area contributed by atoms with Crippen molar-refractivity contribution in [3.05, 3.63) is 28.8 Å². The fourth-order valence-corrected chi connectivity index (χ4v) is 1.60. The summed E-state index contributed by atoms with van der Waals surface area (Å²) < 4.78 is 10.6. The van der Waals surface area contributed by atoms with Crippen LogP contribution in [0.15, 0.2) is 23.4 Å². The van der Waals surface area contributed by atoms with Crippen LogP contribution in [0.4, 0.5) is 0 Å². The molecule has 18 heavy (non-hydrogen) atoms. The van der Waals surface area contributed by atoms with Crippen molar-refractivity contribution in [1.29, 1.82) is 0 Å². The number of methoxy groups -OCH3 is 1. The maximum atomic E-state index is 8.57. The van der Waals surface area contributed by atoms with Crippen LogP contribution in [0.2, 0.25) is 5.02 Å². The van der Waals surface area contributed by atoms with Gasteiger partial charge in [0.25, 0.3) is 0 Å². The molecule has 0 aliphatic heterocycles. The molecule has 0 saturated heterocycles. The normalized spacial score (nSPS) is 13.4. The number of hydrogen-bond donors (Lipinski definition) is 2. The largest absolute Gasteiger partial charge is 0.489 e. The van der Waals surface area contributed by atoms with E-state index in [0.717, 1.165) is 6.42 Å². The molecule has 0 saturated carbocycles. The minimum Gasteiger partial charge on any atom is -0.489 e. The van der Waals surface area contributed by atoms with Crippen molar-refractivity contribution in [2.45, 2.75) is 19.4 Å². The average molecular weight is 273 g/mol. The summed E-state index contributed by atoms with van der Waals surface area (Å²) in [7, 11) is 1.64. The van der Waals surface area contributed by atoms with Gasteiger partial charge in [-0.15, -0.1) is 0 Å². The standard InChI is InChI=1S/C12H17ClN2O3/c1-8(5-6-17-2)18-11-4-3-9(7-10(11)13)12(14)15-16/h3-4,7-8,16H,5-6H2,1-2H3,(H2,14,15). The summed E-state index contributed by atoms with van der Waals surface area (Å²) in [5.41, 5.74) is 6.01. The molecule has 0 spiro atoms. The van der Waals surface area contributed by atoms with Gasteiger partial charge in [-0.2, -0.15) is 0 Å². The van der Waals surface area contributed by atoms with Crippen LogP contribution in [0.25, 0.3) is 0 Å². The smallest absolute Gasteiger partial charge is 0.170 e. The number of ether oxygens (including phenoxy) is 2. The van der Waals surface area contributed by atoms with Crippen LogP contribution >= 0.6 is 11.6 Å². The zero-order valence-corrected chi connectivity index (χ0v) is 11.1. The highest BCUT2D eigenvalue weighted by atomic mass is 35.5. The van der Waals surface area contributed by atoms with E-state index in [4.69, 9.17) is 32.0 Å². The summed E-state index contributed by atoms with van der Waals surface area (Å²) in [4.78, 5) is 0. The van der Waals surface area contributed by atoms with Gasteiger partial charge >= 0.3 is 0 Å². The molecular formula is C12H17ClN2O3. The van der Waals surface area contributed by atoms with E-state index in [2.05, 4.69) is 5.16 Å². The third-order valence-electron chi connectivity index (χ3n) is 2.39. The molecule has 1 unspecified atom stereocenters. The van der Waals surface area contributed by atoms with Crippen LogP contribution in [0.5, 0.6) is 5.75 Å². The van der Waals surface area contributed by atoms with E-state index in [-0.39, 0.29) is 11.9 Å². The zero-order valence-electron chi connectivity index (χ0n) is 10.4. The number of rotatable bonds is 6. The van der Waals surface area contributed by atoms with Gasteiger partial charge in [-0.3, -0.25) is 0 Å². The first-order valence-corrected chi connectivity index (χ1v) is 5.89. The molecule has 0 heterocycles. The number of nitrogens with two attached hydrogens (primary N) is 1. The quantitative estimate of drug-likeness (QED) is 0.360. The lowest BCUT2D eigenvalue weighted by atomic mass is 10.2. The molecule has 0 bridgehead atoms. The van der Waals surface area contributed by atoms with Crippen molar-refractivity contribution in [2.24, 2.45) is 10.9 Å². The van der Waals surface area contributed by atoms with Gasteiger partial charge in [0.15, 0.2) is 5.84 Å². The Morgan fingerprint density at radius 2 is 2.28 bits per heavy atom. The molecule has 0 aromatic heterocycles. The van der Waals surface area contributed by atoms with Gasteiger partial charge in [-0.25, -0.2) is 0 Å². The van der Waals surface area contributed by atoms with Gasteiger partial charge in [-0.05, 0) is 25.1 Å². The van der Waals surface area contributed by atoms with Crippen molar-refractivity contribution in [1.82, 2.24) is 0 Å². The maximum absolute atomic E-state index is 8.57. The predicted octanol–water partition coefficient (Wildman–Crippen LogP) is 2.24. The molecule has 3 N–H and O–H groups in total. The number of hydrogen-bond acceptors (Lipinski definition) is 4. The third-order valence-corrected chi connectivity index (χ3v) is 2.69. The maximum Gasteiger partial charge on any atom is 0.170 e. The minimum atomic E-state index is -0.00263. The molecule has 0 radical (unpaired) electrons. The molecule has 1 rings (SSSR count). The first-order chi connectivity index (χ1) is 8.58. The highest BCUT2D eigenvalue weighted by molar-refractivity contribution is 6.32. The molecule has 6 heteroatoms. The lowest BCUT2D eigenvalue weighted by Gasteiger charge is -2.15. The SMILES string of the molecule is COCCC(C)Oc1ccc(/C(N)=N/O)cc1Cl. The Labute approximate surface area is 111 Å². The van der Waals surface area contributed by atoms with Crippen molar-refractivity contribution in [3.63, 3.8) is 0 Å². The summed E-state index contributed by atoms with van der Waals surface area (Å²) in [6, 6.07) is 4.97. The first kappa shape index (κ1) is 14.6. The van der Waals surface area contributed by atoms with E-state index in [1.54, 1.807) is 25.3 Å². The fourth-order valence-electron chi connectivity index (χ4n) is 1.37. The Bertz CT molecular complexity index is 424. The van der Waals surface area contributed by atoms with Crippen molar-refractivity contribution < 1.29 is 14.7 Å². The second-order valence-electron chi connectivity index (χ2n) is 3.84. The van der Waals surface area contributed by atoms with E-state index in [1.807, 2.05) is 6.92 Å². The van der Waals surface area contributed by atoms with Crippen molar-refractivity contribution in [2.75, 3.05) is 13.7 Å². The van der Waals surface area contributed by atoms with Crippen LogP contribution in [-0.2, 0) is 4.74 Å². The first-order valence-electron chi connectivity index (χ1n) is 5.51. The van der Waals surface area contributed by atoms with Crippen LogP contribution in [0.3, 0.4) is 0 Å². The summed E-state index contributed by atoms with van der Waals surface area (Å²) in [5.74, 6) is 0.575. The Hall–Kier alpha value is -1.46. The van der Waals surface area contributed by atoms with Gasteiger partial charge in [-0.1, -0.05) is 16.8 Å². The van der Waals surface area contributed by atoms with E-state index in [1.165, 1.54) is 0 Å². The summed E-state index contributed by atoms with van der Waals surface area (Å²) >= 11 is 6.06. The Balaban J connectivity index is 2.74. The number of oxime groups is 1. The van der Waals surface area contributed by atoms with E-state index in [0.29, 0.717) is 22.9 Å². The zero-order chi connectivity index (χ0) is 13.5. The van der Waals surface area contributed by atoms with Crippen molar-refractivity contribution in [3.8, 4) is 5.75 Å². The summed E-state index contributed by atoms with van der Waals surface area (Å²) in [6.07, 6.45) is 0.770. The molecule has 1 atom stereocenters. The van der Waals surface area contributed by atoms with E-state index in [9.17, 15) is 0 Å². The number of amidine groups is 1. The lowest BCUT2D eigenvalue weighted by Crippen LogP contribution is -2.15. The van der Waals surface area contributed by atoms with Crippen LogP contribution < -0.4 is 10.5 Å². The average Bonchev–Trinajstić information content (AvgIpc) is 2.37. The number of halogens is 1. The van der Waals surface area contributed by atoms with Crippen LogP contribution in [0.1, 0.15) is 18.9 Å². The van der Waals surface area contributed by atoms with Crippen LogP contribution in [0, 0.1) is 0 Å². The van der Waals surface area contributed by atoms with Gasteiger partial charge < -0.3 is 20.4 Å². The molecular weight excluding hydrogens is 256 g/mol. The molecule has 0 aliphatic rings. The van der Waals surface area contributed by atoms with Gasteiger partial charge in [0, 0.05) is 25.7 Å².